The van der Waals surface area contributed by atoms with Crippen molar-refractivity contribution < 1.29 is 28.7 Å². The normalized spacial score (nSPS) is 12.2. The highest BCUT2D eigenvalue weighted by Gasteiger charge is 2.16. The summed E-state index contributed by atoms with van der Waals surface area (Å²) in [6.45, 7) is -0.175. The van der Waals surface area contributed by atoms with Crippen molar-refractivity contribution in [1.29, 1.82) is 0 Å². The summed E-state index contributed by atoms with van der Waals surface area (Å²) < 4.78 is 10.4. The van der Waals surface area contributed by atoms with Crippen molar-refractivity contribution >= 4 is 24.0 Å². The van der Waals surface area contributed by atoms with E-state index in [0.717, 1.165) is 23.3 Å². The lowest BCUT2D eigenvalue weighted by Gasteiger charge is -2.18. The summed E-state index contributed by atoms with van der Waals surface area (Å²) in [5.41, 5.74) is 1.92. The Morgan fingerprint density at radius 3 is 1.36 bits per heavy atom. The molecule has 2 atom stereocenters. The van der Waals surface area contributed by atoms with Gasteiger partial charge in [-0.2, -0.15) is 0 Å². The van der Waals surface area contributed by atoms with E-state index < -0.39 is 36.1 Å². The van der Waals surface area contributed by atoms with Crippen LogP contribution in [-0.2, 0) is 31.9 Å². The Kier molecular flexibility index (Phi) is 12.0. The fourth-order valence-electron chi connectivity index (χ4n) is 3.21. The Hall–Kier alpha value is -4.34. The summed E-state index contributed by atoms with van der Waals surface area (Å²) in [6.07, 6.45) is 2.82. The molecular weight excluding hydrogens is 464 g/mol. The Morgan fingerprint density at radius 2 is 1.03 bits per heavy atom. The number of carbonyl (C=O) groups is 4. The van der Waals surface area contributed by atoms with Crippen molar-refractivity contribution in [3.05, 3.63) is 83.9 Å². The van der Waals surface area contributed by atoms with E-state index >= 15 is 0 Å². The van der Waals surface area contributed by atoms with Crippen molar-refractivity contribution in [2.24, 2.45) is 0 Å². The molecule has 2 aromatic rings. The first-order valence-electron chi connectivity index (χ1n) is 11.5. The van der Waals surface area contributed by atoms with Crippen LogP contribution in [0.1, 0.15) is 11.1 Å². The van der Waals surface area contributed by atoms with Gasteiger partial charge < -0.3 is 30.7 Å². The van der Waals surface area contributed by atoms with Crippen LogP contribution in [0, 0.1) is 0 Å². The van der Waals surface area contributed by atoms with Gasteiger partial charge in [0, 0.05) is 26.2 Å². The van der Waals surface area contributed by atoms with Crippen LogP contribution in [0.15, 0.2) is 72.8 Å². The third kappa shape index (κ3) is 11.2. The molecule has 0 aliphatic rings. The predicted molar refractivity (Wildman–Crippen MR) is 134 cm³/mol. The Labute approximate surface area is 210 Å². The van der Waals surface area contributed by atoms with Crippen LogP contribution in [0.2, 0.25) is 0 Å². The average molecular weight is 497 g/mol. The number of nitrogens with one attached hydrogen (secondary N) is 4. The van der Waals surface area contributed by atoms with Crippen molar-refractivity contribution in [1.82, 2.24) is 21.3 Å². The Bertz CT molecular complexity index is 932. The van der Waals surface area contributed by atoms with Crippen molar-refractivity contribution in [3.63, 3.8) is 0 Å². The van der Waals surface area contributed by atoms with Crippen LogP contribution in [0.25, 0.3) is 0 Å². The van der Waals surface area contributed by atoms with E-state index in [9.17, 15) is 19.2 Å². The van der Waals surface area contributed by atoms with Crippen LogP contribution in [0.5, 0.6) is 0 Å². The summed E-state index contributed by atoms with van der Waals surface area (Å²) in [4.78, 5) is 47.7. The van der Waals surface area contributed by atoms with Gasteiger partial charge in [-0.1, -0.05) is 60.7 Å². The number of rotatable bonds is 12. The number of hydrogen-bond acceptors (Lipinski definition) is 6. The molecule has 0 heterocycles. The van der Waals surface area contributed by atoms with E-state index in [0.29, 0.717) is 12.8 Å². The van der Waals surface area contributed by atoms with Crippen LogP contribution < -0.4 is 21.3 Å². The second-order valence-electron chi connectivity index (χ2n) is 7.81. The maximum atomic E-state index is 12.1. The first kappa shape index (κ1) is 27.9. The zero-order valence-electron chi connectivity index (χ0n) is 20.4. The molecule has 2 rings (SSSR count). The van der Waals surface area contributed by atoms with Gasteiger partial charge in [0.2, 0.25) is 0 Å². The first-order valence-corrected chi connectivity index (χ1v) is 11.5. The number of esters is 2. The molecule has 0 spiro atoms. The van der Waals surface area contributed by atoms with Crippen LogP contribution in [0.4, 0.5) is 9.59 Å². The first-order chi connectivity index (χ1) is 17.4. The quantitative estimate of drug-likeness (QED) is 0.261. The minimum atomic E-state index is -0.756. The van der Waals surface area contributed by atoms with Crippen LogP contribution in [0.3, 0.4) is 0 Å². The lowest BCUT2D eigenvalue weighted by atomic mass is 10.1. The number of carbonyl (C=O) groups excluding carboxylic acids is 4. The number of ether oxygens (including phenoxy) is 2. The molecule has 36 heavy (non-hydrogen) atoms. The second-order valence-corrected chi connectivity index (χ2v) is 7.81. The lowest BCUT2D eigenvalue weighted by Crippen LogP contribution is -2.44. The summed E-state index contributed by atoms with van der Waals surface area (Å²) in [5, 5.41) is 10.4. The summed E-state index contributed by atoms with van der Waals surface area (Å²) in [5.74, 6) is -1.51. The molecule has 0 aliphatic carbocycles. The van der Waals surface area contributed by atoms with E-state index in [4.69, 9.17) is 9.47 Å². The van der Waals surface area contributed by atoms with Crippen molar-refractivity contribution in [2.45, 2.75) is 24.9 Å². The van der Waals surface area contributed by atoms with E-state index in [1.807, 2.05) is 60.7 Å². The molecule has 192 valence electrons. The highest BCUT2D eigenvalue weighted by molar-refractivity contribution is 5.91. The third-order valence-electron chi connectivity index (χ3n) is 4.98. The molecule has 0 unspecified atom stereocenters. The van der Waals surface area contributed by atoms with Gasteiger partial charge in [0.25, 0.3) is 0 Å². The minimum Gasteiger partial charge on any atom is -0.460 e. The molecular formula is C26H32N4O6. The van der Waals surface area contributed by atoms with E-state index in [1.165, 1.54) is 14.1 Å². The van der Waals surface area contributed by atoms with E-state index in [2.05, 4.69) is 21.3 Å². The van der Waals surface area contributed by atoms with Gasteiger partial charge >= 0.3 is 24.0 Å². The smallest absolute Gasteiger partial charge is 0.331 e. The van der Waals surface area contributed by atoms with Gasteiger partial charge in [-0.05, 0) is 24.0 Å². The number of benzene rings is 2. The minimum absolute atomic E-state index is 0.0876. The highest BCUT2D eigenvalue weighted by Crippen LogP contribution is 2.05. The molecule has 10 nitrogen and oxygen atoms in total. The molecule has 0 radical (unpaired) electrons. The monoisotopic (exact) mass is 496 g/mol. The maximum Gasteiger partial charge on any atom is 0.331 e. The molecule has 0 saturated heterocycles. The van der Waals surface area contributed by atoms with Crippen molar-refractivity contribution in [3.8, 4) is 0 Å². The molecule has 0 fully saturated rings. The topological polar surface area (TPSA) is 135 Å². The Morgan fingerprint density at radius 1 is 0.667 bits per heavy atom. The SMILES string of the molecule is CNC(=O)N[C@@H](COC(=O)/C=C/C(=O)OC[C@@H](Cc1ccccc1)NC(=O)NC)Cc1ccccc1. The molecule has 2 aromatic carbocycles. The van der Waals surface area contributed by atoms with Gasteiger partial charge in [-0.15, -0.1) is 0 Å². The predicted octanol–water partition coefficient (Wildman–Crippen LogP) is 1.71. The number of amides is 4. The van der Waals surface area contributed by atoms with E-state index in [-0.39, 0.29) is 13.2 Å². The average Bonchev–Trinajstić information content (AvgIpc) is 2.90. The maximum absolute atomic E-state index is 12.1. The largest absolute Gasteiger partial charge is 0.460 e. The fourth-order valence-corrected chi connectivity index (χ4v) is 3.21. The highest BCUT2D eigenvalue weighted by atomic mass is 16.5. The Balaban J connectivity index is 1.85. The summed E-state index contributed by atoms with van der Waals surface area (Å²) >= 11 is 0. The van der Waals surface area contributed by atoms with E-state index in [1.54, 1.807) is 0 Å². The van der Waals surface area contributed by atoms with Gasteiger partial charge in [-0.25, -0.2) is 19.2 Å². The molecule has 4 N–H and O–H groups in total. The lowest BCUT2D eigenvalue weighted by molar-refractivity contribution is -0.141. The van der Waals surface area contributed by atoms with Crippen LogP contribution >= 0.6 is 0 Å². The summed E-state index contributed by atoms with van der Waals surface area (Å²) in [7, 11) is 2.98. The van der Waals surface area contributed by atoms with Gasteiger partial charge in [0.1, 0.15) is 13.2 Å². The number of urea groups is 2. The molecule has 0 aliphatic heterocycles. The van der Waals surface area contributed by atoms with Gasteiger partial charge in [0.05, 0.1) is 12.1 Å². The van der Waals surface area contributed by atoms with Crippen molar-refractivity contribution in [2.75, 3.05) is 27.3 Å². The van der Waals surface area contributed by atoms with Crippen LogP contribution in [-0.4, -0.2) is 63.4 Å². The molecule has 0 saturated carbocycles. The molecule has 10 heteroatoms. The standard InChI is InChI=1S/C26H32N4O6/c1-27-25(33)29-21(15-19-9-5-3-6-10-19)17-35-23(31)13-14-24(32)36-18-22(30-26(34)28-2)16-20-11-7-4-8-12-20/h3-14,21-22H,15-18H2,1-2H3,(H2,27,29,33)(H2,28,30,34)/b14-13+/t21-,22-/m1/s1. The molecule has 4 amide bonds. The summed E-state index contributed by atoms with van der Waals surface area (Å²) in [6, 6.07) is 17.1. The second kappa shape index (κ2) is 15.5. The fraction of sp³-hybridized carbons (Fsp3) is 0.308. The zero-order valence-corrected chi connectivity index (χ0v) is 20.4. The zero-order chi connectivity index (χ0) is 26.2. The molecule has 0 aromatic heterocycles. The van der Waals surface area contributed by atoms with Gasteiger partial charge in [0.15, 0.2) is 0 Å². The third-order valence-corrected chi connectivity index (χ3v) is 4.98. The molecule has 0 bridgehead atoms. The number of hydrogen-bond donors (Lipinski definition) is 4. The van der Waals surface area contributed by atoms with Gasteiger partial charge in [-0.3, -0.25) is 0 Å².